The zero-order chi connectivity index (χ0) is 14.1. The van der Waals surface area contributed by atoms with E-state index in [0.717, 1.165) is 12.1 Å². The fourth-order valence-corrected chi connectivity index (χ4v) is 1.76. The van der Waals surface area contributed by atoms with Crippen molar-refractivity contribution in [1.82, 2.24) is 0 Å². The van der Waals surface area contributed by atoms with Crippen molar-refractivity contribution in [1.29, 1.82) is 0 Å². The van der Waals surface area contributed by atoms with Gasteiger partial charge in [-0.3, -0.25) is 4.79 Å². The third-order valence-electron chi connectivity index (χ3n) is 2.33. The van der Waals surface area contributed by atoms with E-state index >= 15 is 0 Å². The van der Waals surface area contributed by atoms with Gasteiger partial charge in [0.1, 0.15) is 11.6 Å². The van der Waals surface area contributed by atoms with Crippen LogP contribution in [0.5, 0.6) is 0 Å². The number of rotatable bonds is 3. The molecule has 0 N–H and O–H groups in total. The Hall–Kier alpha value is -1.22. The molecule has 18 heavy (non-hydrogen) atoms. The Balaban J connectivity index is 3.15. The summed E-state index contributed by atoms with van der Waals surface area (Å²) in [6.07, 6.45) is 0.215. The molecule has 0 saturated heterocycles. The van der Waals surface area contributed by atoms with Crippen molar-refractivity contribution in [2.75, 3.05) is 0 Å². The largest absolute Gasteiger partial charge is 0.294 e. The first-order valence-electron chi connectivity index (χ1n) is 5.49. The van der Waals surface area contributed by atoms with E-state index in [1.165, 1.54) is 0 Å². The Kier molecular flexibility index (Phi) is 4.28. The summed E-state index contributed by atoms with van der Waals surface area (Å²) in [5, 5.41) is -0.222. The molecule has 0 saturated carbocycles. The van der Waals surface area contributed by atoms with Crippen molar-refractivity contribution >= 4 is 22.4 Å². The van der Waals surface area contributed by atoms with Gasteiger partial charge in [0.2, 0.25) is 0 Å². The summed E-state index contributed by atoms with van der Waals surface area (Å²) in [6, 6.07) is 2.00. The molecule has 0 atom stereocenters. The van der Waals surface area contributed by atoms with Crippen LogP contribution in [-0.4, -0.2) is 5.78 Å². The first-order valence-corrected chi connectivity index (χ1v) is 5.86. The molecular weight excluding hydrogens is 258 g/mol. The highest BCUT2D eigenvalue weighted by molar-refractivity contribution is 6.48. The highest BCUT2D eigenvalue weighted by Gasteiger charge is 2.20. The number of carbonyl (C=O) groups is 1. The first-order chi connectivity index (χ1) is 8.11. The lowest BCUT2D eigenvalue weighted by Gasteiger charge is -2.17. The molecule has 98 valence electrons. The predicted molar refractivity (Wildman–Crippen MR) is 69.6 cm³/mol. The monoisotopic (exact) mass is 272 g/mol. The van der Waals surface area contributed by atoms with Crippen LogP contribution in [0.25, 0.3) is 5.03 Å². The maximum Gasteiger partial charge on any atom is 0.163 e. The number of ketones is 1. The minimum Gasteiger partial charge on any atom is -0.294 e. The Morgan fingerprint density at radius 2 is 1.72 bits per heavy atom. The van der Waals surface area contributed by atoms with Gasteiger partial charge in [0, 0.05) is 17.0 Å². The number of halogens is 3. The molecule has 0 heterocycles. The highest BCUT2D eigenvalue weighted by atomic mass is 35.5. The van der Waals surface area contributed by atoms with Crippen molar-refractivity contribution in [3.05, 3.63) is 41.5 Å². The quantitative estimate of drug-likeness (QED) is 0.723. The lowest BCUT2D eigenvalue weighted by atomic mass is 9.87. The zero-order valence-corrected chi connectivity index (χ0v) is 11.4. The van der Waals surface area contributed by atoms with Crippen LogP contribution in [0.4, 0.5) is 8.78 Å². The second-order valence-electron chi connectivity index (χ2n) is 5.38. The molecule has 1 aromatic carbocycles. The third kappa shape index (κ3) is 3.64. The molecule has 0 aliphatic heterocycles. The van der Waals surface area contributed by atoms with E-state index in [2.05, 4.69) is 6.58 Å². The number of hydrogen-bond donors (Lipinski definition) is 0. The van der Waals surface area contributed by atoms with Gasteiger partial charge in [-0.2, -0.15) is 0 Å². The molecule has 0 spiro atoms. The second-order valence-corrected chi connectivity index (χ2v) is 5.84. The summed E-state index contributed by atoms with van der Waals surface area (Å²) in [7, 11) is 0. The Labute approximate surface area is 110 Å². The van der Waals surface area contributed by atoms with Crippen molar-refractivity contribution in [3.63, 3.8) is 0 Å². The van der Waals surface area contributed by atoms with Crippen LogP contribution in [0.3, 0.4) is 0 Å². The zero-order valence-electron chi connectivity index (χ0n) is 10.6. The van der Waals surface area contributed by atoms with E-state index in [4.69, 9.17) is 11.6 Å². The molecule has 4 heteroatoms. The maximum absolute atomic E-state index is 13.6. The number of hydrogen-bond acceptors (Lipinski definition) is 1. The topological polar surface area (TPSA) is 17.1 Å². The van der Waals surface area contributed by atoms with Crippen LogP contribution < -0.4 is 0 Å². The van der Waals surface area contributed by atoms with Crippen LogP contribution >= 0.6 is 11.6 Å². The van der Waals surface area contributed by atoms with Gasteiger partial charge in [-0.15, -0.1) is 0 Å². The Bertz CT molecular complexity index is 478. The Morgan fingerprint density at radius 1 is 1.28 bits per heavy atom. The van der Waals surface area contributed by atoms with Gasteiger partial charge in [-0.05, 0) is 17.5 Å². The number of benzene rings is 1. The average molecular weight is 273 g/mol. The molecule has 0 aliphatic rings. The van der Waals surface area contributed by atoms with Crippen LogP contribution in [-0.2, 0) is 0 Å². The summed E-state index contributed by atoms with van der Waals surface area (Å²) in [6.45, 7) is 8.93. The van der Waals surface area contributed by atoms with Crippen LogP contribution in [0.15, 0.2) is 18.7 Å². The molecule has 0 amide bonds. The molecular formula is C14H15ClF2O. The first kappa shape index (κ1) is 14.8. The van der Waals surface area contributed by atoms with Crippen molar-refractivity contribution in [2.24, 2.45) is 5.41 Å². The van der Waals surface area contributed by atoms with E-state index in [0.29, 0.717) is 0 Å². The molecule has 0 fully saturated rings. The van der Waals surface area contributed by atoms with Crippen molar-refractivity contribution < 1.29 is 13.6 Å². The van der Waals surface area contributed by atoms with E-state index in [1.54, 1.807) is 0 Å². The second kappa shape index (κ2) is 5.19. The van der Waals surface area contributed by atoms with E-state index in [-0.39, 0.29) is 33.8 Å². The SMILES string of the molecule is C=C(Cl)c1c(F)cc(C(=O)CC(C)(C)C)cc1F. The fraction of sp³-hybridized carbons (Fsp3) is 0.357. The summed E-state index contributed by atoms with van der Waals surface area (Å²) in [5.41, 5.74) is -0.607. The molecule has 1 nitrogen and oxygen atoms in total. The van der Waals surface area contributed by atoms with E-state index in [1.807, 2.05) is 20.8 Å². The van der Waals surface area contributed by atoms with Gasteiger partial charge in [-0.1, -0.05) is 39.0 Å². The van der Waals surface area contributed by atoms with E-state index < -0.39 is 11.6 Å². The Morgan fingerprint density at radius 3 is 2.06 bits per heavy atom. The molecule has 1 rings (SSSR count). The lowest BCUT2D eigenvalue weighted by molar-refractivity contribution is 0.0939. The van der Waals surface area contributed by atoms with Gasteiger partial charge < -0.3 is 0 Å². The molecule has 0 bridgehead atoms. The molecule has 0 unspecified atom stereocenters. The number of carbonyl (C=O) groups excluding carboxylic acids is 1. The van der Waals surface area contributed by atoms with Gasteiger partial charge in [0.05, 0.1) is 5.56 Å². The maximum atomic E-state index is 13.6. The van der Waals surface area contributed by atoms with Gasteiger partial charge in [0.15, 0.2) is 5.78 Å². The standard InChI is InChI=1S/C14H15ClF2O/c1-8(15)13-10(16)5-9(6-11(13)17)12(18)7-14(2,3)4/h5-6H,1,7H2,2-4H3. The average Bonchev–Trinajstić information content (AvgIpc) is 2.12. The van der Waals surface area contributed by atoms with Crippen LogP contribution in [0.2, 0.25) is 0 Å². The third-order valence-corrected chi connectivity index (χ3v) is 2.52. The molecule has 1 aromatic rings. The fourth-order valence-electron chi connectivity index (χ4n) is 1.58. The lowest BCUT2D eigenvalue weighted by Crippen LogP contribution is -2.13. The van der Waals surface area contributed by atoms with E-state index in [9.17, 15) is 13.6 Å². The summed E-state index contributed by atoms with van der Waals surface area (Å²) in [5.74, 6) is -2.04. The minimum atomic E-state index is -0.868. The van der Waals surface area contributed by atoms with Crippen LogP contribution in [0.1, 0.15) is 43.1 Å². The summed E-state index contributed by atoms with van der Waals surface area (Å²) >= 11 is 5.49. The predicted octanol–water partition coefficient (Wildman–Crippen LogP) is 4.79. The van der Waals surface area contributed by atoms with Gasteiger partial charge >= 0.3 is 0 Å². The summed E-state index contributed by atoms with van der Waals surface area (Å²) < 4.78 is 27.2. The highest BCUT2D eigenvalue weighted by Crippen LogP contribution is 2.27. The molecule has 0 radical (unpaired) electrons. The van der Waals surface area contributed by atoms with Crippen molar-refractivity contribution in [2.45, 2.75) is 27.2 Å². The molecule has 0 aliphatic carbocycles. The van der Waals surface area contributed by atoms with Gasteiger partial charge in [0.25, 0.3) is 0 Å². The number of Topliss-reactive ketones (excluding diaryl/α,β-unsaturated/α-hetero) is 1. The van der Waals surface area contributed by atoms with Crippen molar-refractivity contribution in [3.8, 4) is 0 Å². The molecule has 0 aromatic heterocycles. The minimum absolute atomic E-state index is 0.0154. The summed E-state index contributed by atoms with van der Waals surface area (Å²) in [4.78, 5) is 11.9. The van der Waals surface area contributed by atoms with Gasteiger partial charge in [-0.25, -0.2) is 8.78 Å². The normalized spacial score (nSPS) is 11.4. The smallest absolute Gasteiger partial charge is 0.163 e. The van der Waals surface area contributed by atoms with Crippen LogP contribution in [0, 0.1) is 17.0 Å².